The second-order valence-corrected chi connectivity index (χ2v) is 5.54. The molecular formula is C14H17NO2S. The highest BCUT2D eigenvalue weighted by molar-refractivity contribution is 8.00. The zero-order valence-corrected chi connectivity index (χ0v) is 11.0. The van der Waals surface area contributed by atoms with Gasteiger partial charge in [0.05, 0.1) is 0 Å². The van der Waals surface area contributed by atoms with Crippen LogP contribution in [0.1, 0.15) is 6.42 Å². The van der Waals surface area contributed by atoms with Crippen molar-refractivity contribution in [1.29, 1.82) is 0 Å². The van der Waals surface area contributed by atoms with Crippen LogP contribution in [0.25, 0.3) is 0 Å². The lowest BCUT2D eigenvalue weighted by Gasteiger charge is -2.09. The highest BCUT2D eigenvalue weighted by atomic mass is 32.2. The van der Waals surface area contributed by atoms with Gasteiger partial charge in [-0.05, 0) is 18.6 Å². The Morgan fingerprint density at radius 3 is 3.00 bits per heavy atom. The predicted octanol–water partition coefficient (Wildman–Crippen LogP) is 2.24. The molecule has 18 heavy (non-hydrogen) atoms. The minimum atomic E-state index is -0.175. The molecule has 0 amide bonds. The summed E-state index contributed by atoms with van der Waals surface area (Å²) in [7, 11) is 0. The van der Waals surface area contributed by atoms with Gasteiger partial charge in [-0.15, -0.1) is 11.8 Å². The normalized spacial score (nSPS) is 22.7. The lowest BCUT2D eigenvalue weighted by molar-refractivity contribution is -0.144. The largest absolute Gasteiger partial charge is 0.460 e. The van der Waals surface area contributed by atoms with Crippen LogP contribution >= 0.6 is 11.8 Å². The van der Waals surface area contributed by atoms with Crippen LogP contribution < -0.4 is 5.32 Å². The van der Waals surface area contributed by atoms with Gasteiger partial charge in [-0.25, -0.2) is 0 Å². The van der Waals surface area contributed by atoms with Crippen molar-refractivity contribution in [3.05, 3.63) is 43.0 Å². The van der Waals surface area contributed by atoms with E-state index in [-0.39, 0.29) is 18.6 Å². The maximum Gasteiger partial charge on any atom is 0.323 e. The second-order valence-electron chi connectivity index (χ2n) is 4.17. The summed E-state index contributed by atoms with van der Waals surface area (Å²) in [4.78, 5) is 12.9. The molecule has 1 heterocycles. The Bertz CT molecular complexity index is 408. The van der Waals surface area contributed by atoms with Crippen molar-refractivity contribution in [3.8, 4) is 0 Å². The number of hydrogen-bond acceptors (Lipinski definition) is 4. The van der Waals surface area contributed by atoms with Gasteiger partial charge in [-0.2, -0.15) is 0 Å². The number of carbonyl (C=O) groups excluding carboxylic acids is 1. The predicted molar refractivity (Wildman–Crippen MR) is 73.7 cm³/mol. The van der Waals surface area contributed by atoms with Gasteiger partial charge >= 0.3 is 5.97 Å². The summed E-state index contributed by atoms with van der Waals surface area (Å²) in [6, 6.07) is 10.1. The standard InChI is InChI=1S/C14H17NO2S/c1-2-8-17-14(16)13-9-12(10-15-13)18-11-6-4-3-5-7-11/h2-7,12-13,15H,1,8-10H2/t12-,13-/m0/s1. The topological polar surface area (TPSA) is 38.3 Å². The third-order valence-electron chi connectivity index (χ3n) is 2.76. The molecule has 1 fully saturated rings. The van der Waals surface area contributed by atoms with E-state index >= 15 is 0 Å². The first-order valence-corrected chi connectivity index (χ1v) is 6.90. The maximum absolute atomic E-state index is 11.7. The molecular weight excluding hydrogens is 246 g/mol. The highest BCUT2D eigenvalue weighted by Gasteiger charge is 2.30. The van der Waals surface area contributed by atoms with E-state index in [1.54, 1.807) is 17.8 Å². The Morgan fingerprint density at radius 1 is 1.50 bits per heavy atom. The van der Waals surface area contributed by atoms with Crippen molar-refractivity contribution in [3.63, 3.8) is 0 Å². The van der Waals surface area contributed by atoms with Crippen molar-refractivity contribution >= 4 is 17.7 Å². The Kier molecular flexibility index (Phi) is 4.84. The maximum atomic E-state index is 11.7. The van der Waals surface area contributed by atoms with Crippen molar-refractivity contribution < 1.29 is 9.53 Å². The van der Waals surface area contributed by atoms with E-state index in [9.17, 15) is 4.79 Å². The fourth-order valence-corrected chi connectivity index (χ4v) is 3.07. The summed E-state index contributed by atoms with van der Waals surface area (Å²) >= 11 is 1.81. The first kappa shape index (κ1) is 13.2. The van der Waals surface area contributed by atoms with Crippen LogP contribution in [0.2, 0.25) is 0 Å². The number of thioether (sulfide) groups is 1. The SMILES string of the molecule is C=CCOC(=O)[C@@H]1C[C@H](Sc2ccccc2)CN1. The minimum absolute atomic E-state index is 0.175. The van der Waals surface area contributed by atoms with Crippen molar-refractivity contribution in [2.24, 2.45) is 0 Å². The van der Waals surface area contributed by atoms with E-state index in [0.29, 0.717) is 5.25 Å². The number of hydrogen-bond donors (Lipinski definition) is 1. The van der Waals surface area contributed by atoms with Gasteiger partial charge < -0.3 is 10.1 Å². The van der Waals surface area contributed by atoms with Crippen LogP contribution in [0, 0.1) is 0 Å². The molecule has 4 heteroatoms. The first-order valence-electron chi connectivity index (χ1n) is 6.02. The van der Waals surface area contributed by atoms with E-state index < -0.39 is 0 Å². The fraction of sp³-hybridized carbons (Fsp3) is 0.357. The Hall–Kier alpha value is -1.26. The Balaban J connectivity index is 1.81. The zero-order chi connectivity index (χ0) is 12.8. The zero-order valence-electron chi connectivity index (χ0n) is 10.2. The third-order valence-corrected chi connectivity index (χ3v) is 4.00. The van der Waals surface area contributed by atoms with Crippen LogP contribution in [0.5, 0.6) is 0 Å². The molecule has 0 bridgehead atoms. The summed E-state index contributed by atoms with van der Waals surface area (Å²) in [5.41, 5.74) is 0. The number of rotatable bonds is 5. The molecule has 2 rings (SSSR count). The van der Waals surface area contributed by atoms with Gasteiger partial charge in [0.2, 0.25) is 0 Å². The van der Waals surface area contributed by atoms with E-state index in [1.807, 2.05) is 18.2 Å². The number of ether oxygens (including phenoxy) is 1. The van der Waals surface area contributed by atoms with Gasteiger partial charge in [-0.1, -0.05) is 30.9 Å². The van der Waals surface area contributed by atoms with Crippen LogP contribution in [0.4, 0.5) is 0 Å². The van der Waals surface area contributed by atoms with Crippen molar-refractivity contribution in [2.75, 3.05) is 13.2 Å². The first-order chi connectivity index (χ1) is 8.79. The molecule has 3 nitrogen and oxygen atoms in total. The molecule has 1 saturated heterocycles. The van der Waals surface area contributed by atoms with Crippen LogP contribution in [-0.2, 0) is 9.53 Å². The lowest BCUT2D eigenvalue weighted by Crippen LogP contribution is -2.32. The molecule has 1 aliphatic heterocycles. The number of carbonyl (C=O) groups is 1. The highest BCUT2D eigenvalue weighted by Crippen LogP contribution is 2.28. The van der Waals surface area contributed by atoms with Crippen LogP contribution in [-0.4, -0.2) is 30.4 Å². The fourth-order valence-electron chi connectivity index (χ4n) is 1.91. The van der Waals surface area contributed by atoms with Gasteiger partial charge in [0, 0.05) is 16.7 Å². The van der Waals surface area contributed by atoms with Gasteiger partial charge in [0.25, 0.3) is 0 Å². The molecule has 0 spiro atoms. The van der Waals surface area contributed by atoms with E-state index in [4.69, 9.17) is 4.74 Å². The molecule has 0 radical (unpaired) electrons. The number of benzene rings is 1. The molecule has 2 atom stereocenters. The summed E-state index contributed by atoms with van der Waals surface area (Å²) in [5, 5.41) is 3.63. The summed E-state index contributed by atoms with van der Waals surface area (Å²) in [5.74, 6) is -0.175. The number of esters is 1. The second kappa shape index (κ2) is 6.61. The van der Waals surface area contributed by atoms with E-state index in [2.05, 4.69) is 24.0 Å². The van der Waals surface area contributed by atoms with E-state index in [1.165, 1.54) is 4.90 Å². The lowest BCUT2D eigenvalue weighted by atomic mass is 10.2. The molecule has 0 aromatic heterocycles. The summed E-state index contributed by atoms with van der Waals surface area (Å²) in [6.07, 6.45) is 2.40. The molecule has 1 aromatic rings. The minimum Gasteiger partial charge on any atom is -0.460 e. The molecule has 1 aromatic carbocycles. The molecule has 0 aliphatic carbocycles. The molecule has 0 unspecified atom stereocenters. The van der Waals surface area contributed by atoms with Gasteiger partial charge in [0.1, 0.15) is 12.6 Å². The summed E-state index contributed by atoms with van der Waals surface area (Å²) in [6.45, 7) is 4.65. The monoisotopic (exact) mass is 263 g/mol. The van der Waals surface area contributed by atoms with Crippen LogP contribution in [0.15, 0.2) is 47.9 Å². The number of nitrogens with one attached hydrogen (secondary N) is 1. The van der Waals surface area contributed by atoms with Gasteiger partial charge in [0.15, 0.2) is 0 Å². The molecule has 0 saturated carbocycles. The smallest absolute Gasteiger partial charge is 0.323 e. The van der Waals surface area contributed by atoms with Crippen molar-refractivity contribution in [1.82, 2.24) is 5.32 Å². The third kappa shape index (κ3) is 3.62. The van der Waals surface area contributed by atoms with Gasteiger partial charge in [-0.3, -0.25) is 4.79 Å². The molecule has 96 valence electrons. The Morgan fingerprint density at radius 2 is 2.28 bits per heavy atom. The quantitative estimate of drug-likeness (QED) is 0.653. The average Bonchev–Trinajstić information content (AvgIpc) is 2.86. The molecule has 1 N–H and O–H groups in total. The average molecular weight is 263 g/mol. The summed E-state index contributed by atoms with van der Waals surface area (Å²) < 4.78 is 5.04. The molecule has 1 aliphatic rings. The van der Waals surface area contributed by atoms with Crippen LogP contribution in [0.3, 0.4) is 0 Å². The Labute approximate surface area is 112 Å². The van der Waals surface area contributed by atoms with Crippen molar-refractivity contribution in [2.45, 2.75) is 22.6 Å². The van der Waals surface area contributed by atoms with E-state index in [0.717, 1.165) is 13.0 Å².